The van der Waals surface area contributed by atoms with Gasteiger partial charge in [0.05, 0.1) is 7.11 Å². The van der Waals surface area contributed by atoms with Crippen molar-refractivity contribution in [3.05, 3.63) is 29.8 Å². The standard InChI is InChI=1S/C21H33NO3/c1-4-5-6-7-8-9-10-11-12-13-14-18-19(22-17(2)23)15-16-20(24)21(18)25-3/h5-6,15-16,24H,4,7-14H2,1-3H3,(H,22,23)/b6-5-. The number of unbranched alkanes of at least 4 members (excludes halogenated alkanes) is 6. The lowest BCUT2D eigenvalue weighted by Gasteiger charge is -2.15. The highest BCUT2D eigenvalue weighted by Gasteiger charge is 2.14. The number of hydrogen-bond acceptors (Lipinski definition) is 3. The van der Waals surface area contributed by atoms with Crippen LogP contribution in [0, 0.1) is 0 Å². The molecule has 4 heteroatoms. The Morgan fingerprint density at radius 3 is 2.44 bits per heavy atom. The molecule has 0 spiro atoms. The van der Waals surface area contributed by atoms with E-state index in [1.807, 2.05) is 0 Å². The van der Waals surface area contributed by atoms with Gasteiger partial charge in [-0.3, -0.25) is 4.79 Å². The molecule has 0 aromatic heterocycles. The van der Waals surface area contributed by atoms with Crippen LogP contribution in [0.25, 0.3) is 0 Å². The number of amides is 1. The Kier molecular flexibility index (Phi) is 10.5. The highest BCUT2D eigenvalue weighted by molar-refractivity contribution is 5.90. The fourth-order valence-corrected chi connectivity index (χ4v) is 2.95. The second-order valence-corrected chi connectivity index (χ2v) is 6.36. The molecule has 0 aliphatic heterocycles. The van der Waals surface area contributed by atoms with Crippen molar-refractivity contribution >= 4 is 11.6 Å². The van der Waals surface area contributed by atoms with E-state index in [9.17, 15) is 9.90 Å². The molecule has 0 bridgehead atoms. The molecular formula is C21H33NO3. The van der Waals surface area contributed by atoms with Gasteiger partial charge in [0.2, 0.25) is 5.91 Å². The first kappa shape index (κ1) is 21.1. The van der Waals surface area contributed by atoms with Gasteiger partial charge >= 0.3 is 0 Å². The summed E-state index contributed by atoms with van der Waals surface area (Å²) in [4.78, 5) is 11.4. The van der Waals surface area contributed by atoms with Crippen molar-refractivity contribution in [1.29, 1.82) is 0 Å². The summed E-state index contributed by atoms with van der Waals surface area (Å²) in [5, 5.41) is 12.8. The van der Waals surface area contributed by atoms with Crippen LogP contribution in [0.5, 0.6) is 11.5 Å². The number of carbonyl (C=O) groups is 1. The number of anilines is 1. The number of ether oxygens (including phenoxy) is 1. The van der Waals surface area contributed by atoms with Crippen molar-refractivity contribution in [3.8, 4) is 11.5 Å². The molecule has 25 heavy (non-hydrogen) atoms. The van der Waals surface area contributed by atoms with Gasteiger partial charge in [0.15, 0.2) is 11.5 Å². The van der Waals surface area contributed by atoms with Crippen molar-refractivity contribution in [2.75, 3.05) is 12.4 Å². The number of methoxy groups -OCH3 is 1. The summed E-state index contributed by atoms with van der Waals surface area (Å²) in [7, 11) is 1.54. The molecule has 0 radical (unpaired) electrons. The van der Waals surface area contributed by atoms with Gasteiger partial charge in [0, 0.05) is 18.2 Å². The van der Waals surface area contributed by atoms with Crippen LogP contribution in [0.15, 0.2) is 24.3 Å². The van der Waals surface area contributed by atoms with Crippen molar-refractivity contribution in [1.82, 2.24) is 0 Å². The second-order valence-electron chi connectivity index (χ2n) is 6.36. The molecule has 0 saturated heterocycles. The highest BCUT2D eigenvalue weighted by atomic mass is 16.5. The van der Waals surface area contributed by atoms with Gasteiger partial charge in [0.25, 0.3) is 0 Å². The maximum atomic E-state index is 11.4. The maximum absolute atomic E-state index is 11.4. The number of phenolic OH excluding ortho intramolecular Hbond substituents is 1. The van der Waals surface area contributed by atoms with E-state index in [0.29, 0.717) is 5.75 Å². The number of aromatic hydroxyl groups is 1. The van der Waals surface area contributed by atoms with E-state index in [4.69, 9.17) is 4.74 Å². The van der Waals surface area contributed by atoms with E-state index in [2.05, 4.69) is 24.4 Å². The fraction of sp³-hybridized carbons (Fsp3) is 0.571. The van der Waals surface area contributed by atoms with Gasteiger partial charge < -0.3 is 15.2 Å². The van der Waals surface area contributed by atoms with Crippen LogP contribution < -0.4 is 10.1 Å². The zero-order valence-electron chi connectivity index (χ0n) is 15.9. The number of nitrogens with one attached hydrogen (secondary N) is 1. The highest BCUT2D eigenvalue weighted by Crippen LogP contribution is 2.36. The van der Waals surface area contributed by atoms with Crippen LogP contribution in [-0.4, -0.2) is 18.1 Å². The molecule has 0 aliphatic rings. The Morgan fingerprint density at radius 2 is 1.80 bits per heavy atom. The van der Waals surface area contributed by atoms with E-state index >= 15 is 0 Å². The number of allylic oxidation sites excluding steroid dienone is 2. The lowest BCUT2D eigenvalue weighted by Crippen LogP contribution is -2.09. The first-order valence-corrected chi connectivity index (χ1v) is 9.41. The van der Waals surface area contributed by atoms with Crippen molar-refractivity contribution in [2.45, 2.75) is 71.6 Å². The summed E-state index contributed by atoms with van der Waals surface area (Å²) in [6.07, 6.45) is 14.8. The van der Waals surface area contributed by atoms with E-state index in [-0.39, 0.29) is 11.7 Å². The smallest absolute Gasteiger partial charge is 0.221 e. The third kappa shape index (κ3) is 8.10. The average molecular weight is 347 g/mol. The maximum Gasteiger partial charge on any atom is 0.221 e. The zero-order chi connectivity index (χ0) is 18.5. The van der Waals surface area contributed by atoms with Gasteiger partial charge in [0.1, 0.15) is 0 Å². The Bertz CT molecular complexity index is 552. The molecule has 1 amide bonds. The third-order valence-corrected chi connectivity index (χ3v) is 4.20. The minimum Gasteiger partial charge on any atom is -0.504 e. The summed E-state index contributed by atoms with van der Waals surface area (Å²) >= 11 is 0. The third-order valence-electron chi connectivity index (χ3n) is 4.20. The van der Waals surface area contributed by atoms with Crippen molar-refractivity contribution in [2.24, 2.45) is 0 Å². The number of hydrogen-bond donors (Lipinski definition) is 2. The summed E-state index contributed by atoms with van der Waals surface area (Å²) < 4.78 is 5.33. The van der Waals surface area contributed by atoms with Crippen LogP contribution >= 0.6 is 0 Å². The minimum atomic E-state index is -0.119. The van der Waals surface area contributed by atoms with Crippen LogP contribution in [0.2, 0.25) is 0 Å². The summed E-state index contributed by atoms with van der Waals surface area (Å²) in [5.41, 5.74) is 1.60. The Morgan fingerprint density at radius 1 is 1.12 bits per heavy atom. The number of benzene rings is 1. The molecule has 0 aliphatic carbocycles. The molecule has 0 atom stereocenters. The second kappa shape index (κ2) is 12.4. The monoisotopic (exact) mass is 347 g/mol. The Balaban J connectivity index is 2.41. The predicted molar refractivity (Wildman–Crippen MR) is 104 cm³/mol. The van der Waals surface area contributed by atoms with Crippen LogP contribution in [0.4, 0.5) is 5.69 Å². The first-order valence-electron chi connectivity index (χ1n) is 9.41. The quantitative estimate of drug-likeness (QED) is 0.294. The number of rotatable bonds is 12. The van der Waals surface area contributed by atoms with E-state index < -0.39 is 0 Å². The van der Waals surface area contributed by atoms with Crippen LogP contribution in [-0.2, 0) is 11.2 Å². The Labute approximate surface area is 152 Å². The lowest BCUT2D eigenvalue weighted by molar-refractivity contribution is -0.114. The largest absolute Gasteiger partial charge is 0.504 e. The average Bonchev–Trinajstić information content (AvgIpc) is 2.58. The summed E-state index contributed by atoms with van der Waals surface area (Å²) in [5.74, 6) is 0.465. The van der Waals surface area contributed by atoms with Crippen LogP contribution in [0.1, 0.15) is 70.8 Å². The molecular weight excluding hydrogens is 314 g/mol. The van der Waals surface area contributed by atoms with Gasteiger partial charge in [-0.1, -0.05) is 44.8 Å². The molecule has 2 N–H and O–H groups in total. The molecule has 140 valence electrons. The van der Waals surface area contributed by atoms with E-state index in [1.54, 1.807) is 19.2 Å². The summed E-state index contributed by atoms with van der Waals surface area (Å²) in [6.45, 7) is 3.65. The molecule has 0 fully saturated rings. The molecule has 0 unspecified atom stereocenters. The molecule has 0 saturated carbocycles. The lowest BCUT2D eigenvalue weighted by atomic mass is 10.0. The molecule has 1 rings (SSSR count). The number of carbonyl (C=O) groups excluding carboxylic acids is 1. The van der Waals surface area contributed by atoms with Crippen LogP contribution in [0.3, 0.4) is 0 Å². The molecule has 0 heterocycles. The van der Waals surface area contributed by atoms with Gasteiger partial charge in [-0.05, 0) is 44.2 Å². The van der Waals surface area contributed by atoms with Crippen molar-refractivity contribution in [3.63, 3.8) is 0 Å². The molecule has 1 aromatic rings. The topological polar surface area (TPSA) is 58.6 Å². The number of phenols is 1. The van der Waals surface area contributed by atoms with Gasteiger partial charge in [-0.15, -0.1) is 0 Å². The van der Waals surface area contributed by atoms with Gasteiger partial charge in [-0.25, -0.2) is 0 Å². The van der Waals surface area contributed by atoms with Gasteiger partial charge in [-0.2, -0.15) is 0 Å². The fourth-order valence-electron chi connectivity index (χ4n) is 2.95. The molecule has 1 aromatic carbocycles. The van der Waals surface area contributed by atoms with E-state index in [0.717, 1.165) is 36.9 Å². The summed E-state index contributed by atoms with van der Waals surface area (Å²) in [6, 6.07) is 3.29. The van der Waals surface area contributed by atoms with E-state index in [1.165, 1.54) is 39.0 Å². The predicted octanol–water partition coefficient (Wildman–Crippen LogP) is 5.60. The molecule has 4 nitrogen and oxygen atoms in total. The minimum absolute atomic E-state index is 0.117. The SMILES string of the molecule is CC/C=C\CCCCCCCCc1c(NC(C)=O)ccc(O)c1OC. The zero-order valence-corrected chi connectivity index (χ0v) is 15.9. The van der Waals surface area contributed by atoms with Crippen molar-refractivity contribution < 1.29 is 14.6 Å². The first-order chi connectivity index (χ1) is 12.1. The Hall–Kier alpha value is -1.97. The normalized spacial score (nSPS) is 11.0.